The molecule has 0 aromatic heterocycles. The van der Waals surface area contributed by atoms with E-state index in [2.05, 4.69) is 62.5 Å². The predicted molar refractivity (Wildman–Crippen MR) is 88.7 cm³/mol. The van der Waals surface area contributed by atoms with Crippen molar-refractivity contribution >= 4 is 0 Å². The largest absolute Gasteiger partial charge is 0.488 e. The first kappa shape index (κ1) is 15.6. The highest BCUT2D eigenvalue weighted by Gasteiger charge is 2.23. The molecular weight excluding hydrogens is 258 g/mol. The van der Waals surface area contributed by atoms with Gasteiger partial charge in [0.25, 0.3) is 0 Å². The van der Waals surface area contributed by atoms with Gasteiger partial charge in [-0.3, -0.25) is 0 Å². The van der Waals surface area contributed by atoms with Crippen molar-refractivity contribution in [1.82, 2.24) is 5.32 Å². The topological polar surface area (TPSA) is 21.3 Å². The van der Waals surface area contributed by atoms with E-state index in [1.54, 1.807) is 0 Å². The third-order valence-electron chi connectivity index (χ3n) is 3.73. The Labute approximate surface area is 128 Å². The van der Waals surface area contributed by atoms with E-state index >= 15 is 0 Å². The molecule has 0 spiro atoms. The molecule has 112 valence electrons. The Bertz CT molecular complexity index is 538. The molecular formula is C19H25NO. The second-order valence-electron chi connectivity index (χ2n) is 5.28. The third kappa shape index (κ3) is 4.08. The molecule has 0 saturated heterocycles. The maximum absolute atomic E-state index is 6.30. The molecule has 2 heteroatoms. The zero-order valence-electron chi connectivity index (χ0n) is 13.2. The van der Waals surface area contributed by atoms with Crippen molar-refractivity contribution in [3.8, 4) is 5.75 Å². The number of para-hydroxylation sites is 1. The van der Waals surface area contributed by atoms with Gasteiger partial charge in [-0.25, -0.2) is 0 Å². The van der Waals surface area contributed by atoms with Gasteiger partial charge in [0, 0.05) is 0 Å². The van der Waals surface area contributed by atoms with Crippen LogP contribution in [0, 0.1) is 6.92 Å². The average molecular weight is 283 g/mol. The van der Waals surface area contributed by atoms with Gasteiger partial charge in [0.15, 0.2) is 0 Å². The third-order valence-corrected chi connectivity index (χ3v) is 3.73. The fourth-order valence-corrected chi connectivity index (χ4v) is 2.58. The summed E-state index contributed by atoms with van der Waals surface area (Å²) in [6, 6.07) is 19.0. The van der Waals surface area contributed by atoms with Crippen molar-refractivity contribution in [2.24, 2.45) is 0 Å². The quantitative estimate of drug-likeness (QED) is 0.807. The van der Waals surface area contributed by atoms with Gasteiger partial charge in [0.05, 0.1) is 6.04 Å². The maximum atomic E-state index is 6.30. The van der Waals surface area contributed by atoms with E-state index in [-0.39, 0.29) is 12.1 Å². The summed E-state index contributed by atoms with van der Waals surface area (Å²) in [5.41, 5.74) is 2.46. The summed E-state index contributed by atoms with van der Waals surface area (Å²) in [7, 11) is 0. The van der Waals surface area contributed by atoms with Crippen LogP contribution < -0.4 is 10.1 Å². The smallest absolute Gasteiger partial charge is 0.122 e. The Morgan fingerprint density at radius 2 is 1.62 bits per heavy atom. The minimum Gasteiger partial charge on any atom is -0.488 e. The number of aryl methyl sites for hydroxylation is 1. The minimum absolute atomic E-state index is 0.119. The van der Waals surface area contributed by atoms with E-state index in [0.717, 1.165) is 18.7 Å². The highest BCUT2D eigenvalue weighted by molar-refractivity contribution is 5.32. The number of hydrogen-bond donors (Lipinski definition) is 1. The molecule has 0 aliphatic rings. The van der Waals surface area contributed by atoms with Crippen LogP contribution in [0.25, 0.3) is 0 Å². The van der Waals surface area contributed by atoms with E-state index in [1.807, 2.05) is 18.2 Å². The van der Waals surface area contributed by atoms with E-state index in [1.165, 1.54) is 11.1 Å². The van der Waals surface area contributed by atoms with Crippen LogP contribution in [-0.4, -0.2) is 12.6 Å². The Hall–Kier alpha value is -1.80. The number of hydrogen-bond acceptors (Lipinski definition) is 2. The van der Waals surface area contributed by atoms with E-state index in [0.29, 0.717) is 0 Å². The molecule has 2 aromatic carbocycles. The van der Waals surface area contributed by atoms with Crippen LogP contribution in [0.2, 0.25) is 0 Å². The lowest BCUT2D eigenvalue weighted by molar-refractivity contribution is 0.148. The van der Waals surface area contributed by atoms with Gasteiger partial charge in [-0.1, -0.05) is 62.4 Å². The van der Waals surface area contributed by atoms with Gasteiger partial charge in [0.2, 0.25) is 0 Å². The van der Waals surface area contributed by atoms with Crippen LogP contribution in [-0.2, 0) is 0 Å². The van der Waals surface area contributed by atoms with Crippen LogP contribution in [0.1, 0.15) is 37.4 Å². The molecule has 1 N–H and O–H groups in total. The SMILES string of the molecule is CCNC(c1ccccc1)C(CC)Oc1ccccc1C. The molecule has 0 saturated carbocycles. The molecule has 21 heavy (non-hydrogen) atoms. The molecule has 0 amide bonds. The molecule has 0 heterocycles. The second-order valence-corrected chi connectivity index (χ2v) is 5.28. The molecule has 2 atom stereocenters. The summed E-state index contributed by atoms with van der Waals surface area (Å²) in [4.78, 5) is 0. The second kappa shape index (κ2) is 7.84. The Morgan fingerprint density at radius 1 is 0.952 bits per heavy atom. The number of ether oxygens (including phenoxy) is 1. The number of benzene rings is 2. The maximum Gasteiger partial charge on any atom is 0.122 e. The van der Waals surface area contributed by atoms with E-state index in [9.17, 15) is 0 Å². The molecule has 2 aromatic rings. The summed E-state index contributed by atoms with van der Waals surface area (Å²) in [6.07, 6.45) is 1.08. The summed E-state index contributed by atoms with van der Waals surface area (Å²) in [5.74, 6) is 0.975. The first-order valence-electron chi connectivity index (χ1n) is 7.76. The van der Waals surface area contributed by atoms with Crippen LogP contribution in [0.4, 0.5) is 0 Å². The predicted octanol–water partition coefficient (Wildman–Crippen LogP) is 4.50. The molecule has 0 aliphatic carbocycles. The zero-order chi connectivity index (χ0) is 15.1. The van der Waals surface area contributed by atoms with Crippen molar-refractivity contribution < 1.29 is 4.74 Å². The summed E-state index contributed by atoms with van der Waals surface area (Å²) in [5, 5.41) is 3.56. The van der Waals surface area contributed by atoms with Gasteiger partial charge in [0.1, 0.15) is 11.9 Å². The van der Waals surface area contributed by atoms with Gasteiger partial charge >= 0.3 is 0 Å². The van der Waals surface area contributed by atoms with Gasteiger partial charge < -0.3 is 10.1 Å². The van der Waals surface area contributed by atoms with Gasteiger partial charge in [-0.05, 0) is 37.1 Å². The lowest BCUT2D eigenvalue weighted by atomic mass is 9.99. The summed E-state index contributed by atoms with van der Waals surface area (Å²) < 4.78 is 6.30. The Balaban J connectivity index is 2.22. The van der Waals surface area contributed by atoms with Crippen molar-refractivity contribution in [2.75, 3.05) is 6.54 Å². The average Bonchev–Trinajstić information content (AvgIpc) is 2.53. The lowest BCUT2D eigenvalue weighted by Gasteiger charge is -2.29. The summed E-state index contributed by atoms with van der Waals surface area (Å²) >= 11 is 0. The normalized spacial score (nSPS) is 13.7. The fourth-order valence-electron chi connectivity index (χ4n) is 2.58. The van der Waals surface area contributed by atoms with Gasteiger partial charge in [-0.15, -0.1) is 0 Å². The molecule has 0 radical (unpaired) electrons. The van der Waals surface area contributed by atoms with Gasteiger partial charge in [-0.2, -0.15) is 0 Å². The zero-order valence-corrected chi connectivity index (χ0v) is 13.2. The van der Waals surface area contributed by atoms with Crippen molar-refractivity contribution in [2.45, 2.75) is 39.3 Å². The molecule has 2 rings (SSSR count). The highest BCUT2D eigenvalue weighted by Crippen LogP contribution is 2.26. The van der Waals surface area contributed by atoms with Crippen LogP contribution >= 0.6 is 0 Å². The molecule has 2 unspecified atom stereocenters. The standard InChI is InChI=1S/C19H25NO/c1-4-17(21-18-14-10-9-11-15(18)3)19(20-5-2)16-12-7-6-8-13-16/h6-14,17,19-20H,4-5H2,1-3H3. The van der Waals surface area contributed by atoms with E-state index < -0.39 is 0 Å². The number of likely N-dealkylation sites (N-methyl/N-ethyl adjacent to an activating group) is 1. The van der Waals surface area contributed by atoms with Crippen LogP contribution in [0.15, 0.2) is 54.6 Å². The number of nitrogens with one attached hydrogen (secondary N) is 1. The first-order valence-corrected chi connectivity index (χ1v) is 7.76. The summed E-state index contributed by atoms with van der Waals surface area (Å²) in [6.45, 7) is 7.33. The molecule has 2 nitrogen and oxygen atoms in total. The monoisotopic (exact) mass is 283 g/mol. The Kier molecular flexibility index (Phi) is 5.82. The van der Waals surface area contributed by atoms with Crippen molar-refractivity contribution in [1.29, 1.82) is 0 Å². The van der Waals surface area contributed by atoms with E-state index in [4.69, 9.17) is 4.74 Å². The van der Waals surface area contributed by atoms with Crippen molar-refractivity contribution in [3.63, 3.8) is 0 Å². The first-order chi connectivity index (χ1) is 10.3. The lowest BCUT2D eigenvalue weighted by Crippen LogP contribution is -2.35. The number of rotatable bonds is 7. The van der Waals surface area contributed by atoms with Crippen molar-refractivity contribution in [3.05, 3.63) is 65.7 Å². The van der Waals surface area contributed by atoms with Crippen LogP contribution in [0.5, 0.6) is 5.75 Å². The minimum atomic E-state index is 0.119. The molecule has 0 fully saturated rings. The molecule has 0 bridgehead atoms. The van der Waals surface area contributed by atoms with Crippen LogP contribution in [0.3, 0.4) is 0 Å². The molecule has 0 aliphatic heterocycles. The highest BCUT2D eigenvalue weighted by atomic mass is 16.5. The fraction of sp³-hybridized carbons (Fsp3) is 0.368. The Morgan fingerprint density at radius 3 is 2.24 bits per heavy atom.